The lowest BCUT2D eigenvalue weighted by atomic mass is 9.93. The van der Waals surface area contributed by atoms with Gasteiger partial charge in [0, 0.05) is 13.0 Å². The number of carbonyl (C=O) groups is 2. The van der Waals surface area contributed by atoms with Crippen molar-refractivity contribution in [2.75, 3.05) is 0 Å². The van der Waals surface area contributed by atoms with Crippen LogP contribution in [0, 0.1) is 0 Å². The summed E-state index contributed by atoms with van der Waals surface area (Å²) in [5, 5.41) is 0. The third kappa shape index (κ3) is 4.99. The summed E-state index contributed by atoms with van der Waals surface area (Å²) in [6.07, 6.45) is 2.02. The van der Waals surface area contributed by atoms with Gasteiger partial charge in [-0.25, -0.2) is 4.79 Å². The number of aryl methyl sites for hydroxylation is 1. The molecule has 0 unspecified atom stereocenters. The van der Waals surface area contributed by atoms with E-state index in [0.29, 0.717) is 11.5 Å². The Morgan fingerprint density at radius 2 is 1.38 bits per heavy atom. The topological polar surface area (TPSA) is 52.6 Å². The molecule has 0 saturated carbocycles. The molecule has 4 heteroatoms. The van der Waals surface area contributed by atoms with Crippen LogP contribution in [0.1, 0.15) is 19.4 Å². The van der Waals surface area contributed by atoms with Crippen molar-refractivity contribution in [3.8, 4) is 33.8 Å². The zero-order chi connectivity index (χ0) is 20.8. The van der Waals surface area contributed by atoms with E-state index in [-0.39, 0.29) is 5.97 Å². The zero-order valence-electron chi connectivity index (χ0n) is 16.5. The average Bonchev–Trinajstić information content (AvgIpc) is 2.74. The molecule has 3 rings (SSSR count). The van der Waals surface area contributed by atoms with E-state index in [1.807, 2.05) is 24.3 Å². The van der Waals surface area contributed by atoms with E-state index in [0.717, 1.165) is 34.8 Å². The highest BCUT2D eigenvalue weighted by Gasteiger charge is 2.08. The maximum Gasteiger partial charge on any atom is 0.335 e. The van der Waals surface area contributed by atoms with E-state index in [9.17, 15) is 9.59 Å². The molecule has 146 valence electrons. The van der Waals surface area contributed by atoms with Crippen LogP contribution in [-0.4, -0.2) is 11.9 Å². The molecule has 0 aliphatic rings. The molecule has 0 saturated heterocycles. The van der Waals surface area contributed by atoms with Crippen LogP contribution in [-0.2, 0) is 16.0 Å². The van der Waals surface area contributed by atoms with Crippen LogP contribution in [0.5, 0.6) is 11.5 Å². The van der Waals surface area contributed by atoms with Crippen molar-refractivity contribution < 1.29 is 19.1 Å². The normalized spacial score (nSPS) is 10.3. The second-order valence-corrected chi connectivity index (χ2v) is 6.49. The first-order valence-corrected chi connectivity index (χ1v) is 9.36. The monoisotopic (exact) mass is 386 g/mol. The van der Waals surface area contributed by atoms with Crippen molar-refractivity contribution in [3.63, 3.8) is 0 Å². The fraction of sp³-hybridized carbons (Fsp3) is 0.120. The summed E-state index contributed by atoms with van der Waals surface area (Å²) in [6, 6.07) is 21.2. The van der Waals surface area contributed by atoms with E-state index < -0.39 is 5.97 Å². The summed E-state index contributed by atoms with van der Waals surface area (Å²) >= 11 is 0. The van der Waals surface area contributed by atoms with Gasteiger partial charge in [0.15, 0.2) is 0 Å². The molecule has 0 aliphatic carbocycles. The van der Waals surface area contributed by atoms with Gasteiger partial charge >= 0.3 is 11.9 Å². The largest absolute Gasteiger partial charge is 0.427 e. The van der Waals surface area contributed by atoms with Crippen molar-refractivity contribution in [2.45, 2.75) is 20.3 Å². The first-order valence-electron chi connectivity index (χ1n) is 9.36. The van der Waals surface area contributed by atoms with Gasteiger partial charge in [-0.05, 0) is 58.5 Å². The Morgan fingerprint density at radius 3 is 1.93 bits per heavy atom. The number of hydrogen-bond acceptors (Lipinski definition) is 4. The van der Waals surface area contributed by atoms with Gasteiger partial charge in [-0.1, -0.05) is 56.0 Å². The summed E-state index contributed by atoms with van der Waals surface area (Å²) in [4.78, 5) is 22.4. The fourth-order valence-corrected chi connectivity index (χ4v) is 3.09. The van der Waals surface area contributed by atoms with Gasteiger partial charge in [-0.2, -0.15) is 0 Å². The molecular weight excluding hydrogens is 364 g/mol. The van der Waals surface area contributed by atoms with Gasteiger partial charge in [-0.15, -0.1) is 0 Å². The lowest BCUT2D eigenvalue weighted by Crippen LogP contribution is -2.02. The second-order valence-electron chi connectivity index (χ2n) is 6.49. The van der Waals surface area contributed by atoms with Crippen molar-refractivity contribution >= 4 is 11.9 Å². The first kappa shape index (κ1) is 20.1. The fourth-order valence-electron chi connectivity index (χ4n) is 3.09. The van der Waals surface area contributed by atoms with Crippen molar-refractivity contribution in [3.05, 3.63) is 84.9 Å². The molecule has 3 aromatic carbocycles. The SMILES string of the molecule is C=CC(=O)Oc1ccc(-c2ccc(-c3ccc(OC(C)=O)cc3)c(CC)c2)cc1. The number of rotatable bonds is 6. The van der Waals surface area contributed by atoms with E-state index in [1.54, 1.807) is 24.3 Å². The van der Waals surface area contributed by atoms with Crippen LogP contribution in [0.3, 0.4) is 0 Å². The van der Waals surface area contributed by atoms with Gasteiger partial charge in [0.2, 0.25) is 0 Å². The molecule has 0 aliphatic heterocycles. The summed E-state index contributed by atoms with van der Waals surface area (Å²) in [7, 11) is 0. The quantitative estimate of drug-likeness (QED) is 0.314. The smallest absolute Gasteiger partial charge is 0.335 e. The third-order valence-corrected chi connectivity index (χ3v) is 4.49. The van der Waals surface area contributed by atoms with Crippen molar-refractivity contribution in [1.82, 2.24) is 0 Å². The predicted octanol–water partition coefficient (Wildman–Crippen LogP) is 5.60. The Bertz CT molecular complexity index is 1030. The minimum atomic E-state index is -0.477. The van der Waals surface area contributed by atoms with Crippen LogP contribution < -0.4 is 9.47 Å². The minimum Gasteiger partial charge on any atom is -0.427 e. The zero-order valence-corrected chi connectivity index (χ0v) is 16.5. The standard InChI is InChI=1S/C25H22O4/c1-4-18-16-21(19-6-11-23(12-7-19)29-25(27)5-2)10-15-24(18)20-8-13-22(14-9-20)28-17(3)26/h5-16H,2,4H2,1,3H3. The van der Waals surface area contributed by atoms with Crippen LogP contribution in [0.25, 0.3) is 22.3 Å². The summed E-state index contributed by atoms with van der Waals surface area (Å²) in [5.74, 6) is 0.212. The Hall–Kier alpha value is -3.66. The van der Waals surface area contributed by atoms with Gasteiger partial charge < -0.3 is 9.47 Å². The molecular formula is C25H22O4. The number of esters is 2. The Labute approximate surface area is 170 Å². The highest BCUT2D eigenvalue weighted by Crippen LogP contribution is 2.31. The number of hydrogen-bond donors (Lipinski definition) is 0. The van der Waals surface area contributed by atoms with Crippen molar-refractivity contribution in [1.29, 1.82) is 0 Å². The molecule has 0 radical (unpaired) electrons. The van der Waals surface area contributed by atoms with Gasteiger partial charge in [0.05, 0.1) is 0 Å². The number of ether oxygens (including phenoxy) is 2. The van der Waals surface area contributed by atoms with E-state index in [4.69, 9.17) is 9.47 Å². The molecule has 0 fully saturated rings. The molecule has 0 aromatic heterocycles. The third-order valence-electron chi connectivity index (χ3n) is 4.49. The average molecular weight is 386 g/mol. The first-order chi connectivity index (χ1) is 14.0. The van der Waals surface area contributed by atoms with Crippen LogP contribution in [0.15, 0.2) is 79.4 Å². The highest BCUT2D eigenvalue weighted by molar-refractivity contribution is 5.83. The lowest BCUT2D eigenvalue weighted by Gasteiger charge is -2.12. The Morgan fingerprint density at radius 1 is 0.828 bits per heavy atom. The maximum atomic E-state index is 11.3. The number of benzene rings is 3. The van der Waals surface area contributed by atoms with Gasteiger partial charge in [0.25, 0.3) is 0 Å². The lowest BCUT2D eigenvalue weighted by molar-refractivity contribution is -0.132. The molecule has 4 nitrogen and oxygen atoms in total. The van der Waals surface area contributed by atoms with Crippen molar-refractivity contribution in [2.24, 2.45) is 0 Å². The van der Waals surface area contributed by atoms with Crippen LogP contribution in [0.4, 0.5) is 0 Å². The van der Waals surface area contributed by atoms with E-state index in [1.165, 1.54) is 12.5 Å². The Balaban J connectivity index is 1.86. The van der Waals surface area contributed by atoms with Gasteiger partial charge in [-0.3, -0.25) is 4.79 Å². The van der Waals surface area contributed by atoms with Crippen LogP contribution >= 0.6 is 0 Å². The summed E-state index contributed by atoms with van der Waals surface area (Å²) in [6.45, 7) is 6.90. The molecule has 29 heavy (non-hydrogen) atoms. The summed E-state index contributed by atoms with van der Waals surface area (Å²) < 4.78 is 10.2. The molecule has 0 bridgehead atoms. The number of carbonyl (C=O) groups excluding carboxylic acids is 2. The predicted molar refractivity (Wildman–Crippen MR) is 114 cm³/mol. The van der Waals surface area contributed by atoms with E-state index in [2.05, 4.69) is 31.7 Å². The Kier molecular flexibility index (Phi) is 6.25. The minimum absolute atomic E-state index is 0.332. The second kappa shape index (κ2) is 9.02. The molecule has 3 aromatic rings. The molecule has 0 heterocycles. The molecule has 0 amide bonds. The van der Waals surface area contributed by atoms with E-state index >= 15 is 0 Å². The molecule has 0 atom stereocenters. The van der Waals surface area contributed by atoms with Crippen LogP contribution in [0.2, 0.25) is 0 Å². The maximum absolute atomic E-state index is 11.3. The van der Waals surface area contributed by atoms with Gasteiger partial charge in [0.1, 0.15) is 11.5 Å². The molecule has 0 spiro atoms. The molecule has 0 N–H and O–H groups in total. The highest BCUT2D eigenvalue weighted by atomic mass is 16.5. The summed E-state index contributed by atoms with van der Waals surface area (Å²) in [5.41, 5.74) is 5.54.